The van der Waals surface area contributed by atoms with Gasteiger partial charge in [-0.2, -0.15) is 0 Å². The second-order valence-corrected chi connectivity index (χ2v) is 9.78. The first-order valence-electron chi connectivity index (χ1n) is 12.0. The van der Waals surface area contributed by atoms with Gasteiger partial charge in [0.2, 0.25) is 5.43 Å². The molecule has 0 unspecified atom stereocenters. The second kappa shape index (κ2) is 6.93. The van der Waals surface area contributed by atoms with Gasteiger partial charge in [-0.25, -0.2) is 8.78 Å². The van der Waals surface area contributed by atoms with E-state index in [1.54, 1.807) is 11.9 Å². The average molecular weight is 470 g/mol. The van der Waals surface area contributed by atoms with Crippen LogP contribution in [-0.2, 0) is 5.75 Å². The summed E-state index contributed by atoms with van der Waals surface area (Å²) in [6, 6.07) is 2.31. The number of ketones is 1. The monoisotopic (exact) mass is 469 g/mol. The van der Waals surface area contributed by atoms with E-state index in [4.69, 9.17) is 4.11 Å². The number of nitrogens with zero attached hydrogens (tertiary/aromatic N) is 2. The largest absolute Gasteiger partial charge is 0.503 e. The fourth-order valence-corrected chi connectivity index (χ4v) is 5.94. The van der Waals surface area contributed by atoms with Crippen LogP contribution in [0.4, 0.5) is 8.78 Å². The predicted molar refractivity (Wildman–Crippen MR) is 120 cm³/mol. The number of carbonyl (C=O) groups is 1. The molecule has 1 fully saturated rings. The zero-order valence-corrected chi connectivity index (χ0v) is 18.4. The SMILES string of the molecule is [2H]c1c([2H])c2c(c([2H])c1C)SCc1c(ccc(F)c1F)[C@@H]2N1CC2(CC2)C(=O)c2c(O)c(=O)ccn21. The highest BCUT2D eigenvalue weighted by molar-refractivity contribution is 7.98. The van der Waals surface area contributed by atoms with Gasteiger partial charge >= 0.3 is 0 Å². The standard InChI is InChI=1S/C25H20F2N2O3S/c1-13-2-3-15-19(10-13)33-11-16-14(4-5-17(26)20(16)27)21(15)29-12-25(7-8-25)24(32)22-23(31)18(30)6-9-28(22)29/h2-6,9-10,21,31H,7-8,11-12H2,1H3/t21-/m0/s1/i2D,3D,10D. The molecule has 2 aliphatic heterocycles. The minimum absolute atomic E-state index is 0.00468. The maximum absolute atomic E-state index is 15.1. The lowest BCUT2D eigenvalue weighted by Gasteiger charge is -2.43. The van der Waals surface area contributed by atoms with Crippen LogP contribution in [0.5, 0.6) is 5.75 Å². The third-order valence-electron chi connectivity index (χ3n) is 6.74. The highest BCUT2D eigenvalue weighted by Gasteiger charge is 2.56. The molecule has 3 aliphatic rings. The number of aromatic nitrogens is 1. The van der Waals surface area contributed by atoms with Gasteiger partial charge in [-0.05, 0) is 48.6 Å². The number of thioether (sulfide) groups is 1. The highest BCUT2D eigenvalue weighted by atomic mass is 32.2. The third kappa shape index (κ3) is 2.89. The van der Waals surface area contributed by atoms with E-state index in [-0.39, 0.29) is 53.0 Å². The van der Waals surface area contributed by atoms with E-state index in [1.807, 2.05) is 0 Å². The molecule has 8 heteroatoms. The summed E-state index contributed by atoms with van der Waals surface area (Å²) in [7, 11) is 0. The molecule has 0 amide bonds. The Morgan fingerprint density at radius 3 is 2.73 bits per heavy atom. The van der Waals surface area contributed by atoms with Crippen LogP contribution >= 0.6 is 11.8 Å². The first kappa shape index (κ1) is 17.4. The van der Waals surface area contributed by atoms with Gasteiger partial charge in [0, 0.05) is 35.0 Å². The van der Waals surface area contributed by atoms with Gasteiger partial charge in [0.15, 0.2) is 28.9 Å². The Balaban J connectivity index is 1.72. The molecule has 1 N–H and O–H groups in total. The second-order valence-electron chi connectivity index (χ2n) is 8.79. The molecule has 2 aromatic carbocycles. The number of hydrogen-bond donors (Lipinski definition) is 1. The number of rotatable bonds is 1. The van der Waals surface area contributed by atoms with E-state index in [2.05, 4.69) is 0 Å². The first-order chi connectivity index (χ1) is 17.1. The van der Waals surface area contributed by atoms with Crippen molar-refractivity contribution in [3.05, 3.63) is 92.3 Å². The van der Waals surface area contributed by atoms with Crippen molar-refractivity contribution in [2.75, 3.05) is 11.6 Å². The predicted octanol–water partition coefficient (Wildman–Crippen LogP) is 4.45. The van der Waals surface area contributed by atoms with Crippen molar-refractivity contribution in [3.63, 3.8) is 0 Å². The lowest BCUT2D eigenvalue weighted by Crippen LogP contribution is -2.51. The number of carbonyl (C=O) groups excluding carboxylic acids is 1. The van der Waals surface area contributed by atoms with E-state index in [0.29, 0.717) is 28.9 Å². The first-order valence-corrected chi connectivity index (χ1v) is 11.5. The molecule has 168 valence electrons. The van der Waals surface area contributed by atoms with Crippen molar-refractivity contribution in [2.45, 2.75) is 36.5 Å². The summed E-state index contributed by atoms with van der Waals surface area (Å²) in [5.74, 6) is -3.10. The van der Waals surface area contributed by atoms with Crippen LogP contribution in [0, 0.1) is 24.0 Å². The topological polar surface area (TPSA) is 62.5 Å². The van der Waals surface area contributed by atoms with Gasteiger partial charge in [-0.1, -0.05) is 18.2 Å². The lowest BCUT2D eigenvalue weighted by atomic mass is 9.89. The van der Waals surface area contributed by atoms with Crippen LogP contribution in [0.3, 0.4) is 0 Å². The Hall–Kier alpha value is -3.13. The molecule has 1 saturated carbocycles. The molecule has 0 saturated heterocycles. The summed E-state index contributed by atoms with van der Waals surface area (Å²) in [6.45, 7) is 1.72. The van der Waals surface area contributed by atoms with Crippen LogP contribution in [0.2, 0.25) is 0 Å². The molecule has 1 spiro atoms. The lowest BCUT2D eigenvalue weighted by molar-refractivity contribution is 0.0856. The molecule has 6 rings (SSSR count). The minimum atomic E-state index is -1.03. The Morgan fingerprint density at radius 2 is 1.97 bits per heavy atom. The number of hydrogen-bond acceptors (Lipinski definition) is 5. The average Bonchev–Trinajstić information content (AvgIpc) is 3.65. The van der Waals surface area contributed by atoms with Crippen LogP contribution in [0.1, 0.15) is 55.7 Å². The van der Waals surface area contributed by atoms with Gasteiger partial charge in [0.05, 0.1) is 15.6 Å². The van der Waals surface area contributed by atoms with Crippen molar-refractivity contribution in [1.82, 2.24) is 4.68 Å². The Labute approximate surface area is 196 Å². The molecule has 0 bridgehead atoms. The van der Waals surface area contributed by atoms with E-state index >= 15 is 4.39 Å². The van der Waals surface area contributed by atoms with Gasteiger partial charge in [-0.15, -0.1) is 11.8 Å². The summed E-state index contributed by atoms with van der Waals surface area (Å²) in [6.07, 6.45) is 2.40. The molecule has 0 radical (unpaired) electrons. The summed E-state index contributed by atoms with van der Waals surface area (Å²) in [5, 5.41) is 12.3. The van der Waals surface area contributed by atoms with Gasteiger partial charge in [0.1, 0.15) is 0 Å². The molecule has 1 aromatic heterocycles. The van der Waals surface area contributed by atoms with Crippen molar-refractivity contribution >= 4 is 17.5 Å². The molecule has 1 aliphatic carbocycles. The summed E-state index contributed by atoms with van der Waals surface area (Å²) >= 11 is 1.11. The number of Topliss-reactive ketones (excluding diaryl/α,β-unsaturated/α-hetero) is 1. The smallest absolute Gasteiger partial charge is 0.224 e. The molecule has 5 nitrogen and oxygen atoms in total. The maximum atomic E-state index is 15.1. The number of halogens is 2. The zero-order valence-electron chi connectivity index (χ0n) is 20.5. The fraction of sp³-hybridized carbons (Fsp3) is 0.280. The Bertz CT molecular complexity index is 1570. The highest BCUT2D eigenvalue weighted by Crippen LogP contribution is 2.54. The molecule has 33 heavy (non-hydrogen) atoms. The van der Waals surface area contributed by atoms with Crippen molar-refractivity contribution in [2.24, 2.45) is 5.41 Å². The Kier molecular flexibility index (Phi) is 3.65. The van der Waals surface area contributed by atoms with E-state index in [0.717, 1.165) is 23.9 Å². The summed E-state index contributed by atoms with van der Waals surface area (Å²) < 4.78 is 56.8. The van der Waals surface area contributed by atoms with Gasteiger partial charge in [-0.3, -0.25) is 19.3 Å². The quantitative estimate of drug-likeness (QED) is 0.571. The van der Waals surface area contributed by atoms with Crippen molar-refractivity contribution in [1.29, 1.82) is 0 Å². The van der Waals surface area contributed by atoms with Crippen LogP contribution < -0.4 is 10.4 Å². The van der Waals surface area contributed by atoms with Crippen LogP contribution in [0.15, 0.2) is 52.2 Å². The van der Waals surface area contributed by atoms with Crippen molar-refractivity contribution < 1.29 is 22.8 Å². The molecular formula is C25H20F2N2O3S. The number of pyridine rings is 1. The zero-order chi connectivity index (χ0) is 25.7. The van der Waals surface area contributed by atoms with E-state index in [1.165, 1.54) is 16.9 Å². The maximum Gasteiger partial charge on any atom is 0.224 e. The third-order valence-corrected chi connectivity index (χ3v) is 7.78. The van der Waals surface area contributed by atoms with E-state index in [9.17, 15) is 19.1 Å². The van der Waals surface area contributed by atoms with Gasteiger partial charge < -0.3 is 5.11 Å². The molecule has 1 atom stereocenters. The van der Waals surface area contributed by atoms with E-state index < -0.39 is 34.3 Å². The van der Waals surface area contributed by atoms with Crippen LogP contribution in [-0.4, -0.2) is 22.1 Å². The fourth-order valence-electron chi connectivity index (χ4n) is 4.82. The minimum Gasteiger partial charge on any atom is -0.503 e. The number of benzene rings is 2. The van der Waals surface area contributed by atoms with Gasteiger partial charge in [0.25, 0.3) is 0 Å². The number of aromatic hydroxyl groups is 1. The normalized spacial score (nSPS) is 21.4. The number of fused-ring (bicyclic) bond motifs is 3. The molecular weight excluding hydrogens is 446 g/mol. The molecule has 3 heterocycles. The Morgan fingerprint density at radius 1 is 1.18 bits per heavy atom. The molecule has 3 aromatic rings. The van der Waals surface area contributed by atoms with Crippen LogP contribution in [0.25, 0.3) is 0 Å². The summed E-state index contributed by atoms with van der Waals surface area (Å²) in [5.41, 5.74) is -0.773. The summed E-state index contributed by atoms with van der Waals surface area (Å²) in [4.78, 5) is 26.0. The van der Waals surface area contributed by atoms with Crippen molar-refractivity contribution in [3.8, 4) is 5.75 Å².